The maximum atomic E-state index is 6.82. The summed E-state index contributed by atoms with van der Waals surface area (Å²) in [5.41, 5.74) is 13.6. The van der Waals surface area contributed by atoms with E-state index in [0.717, 1.165) is 44.2 Å². The van der Waals surface area contributed by atoms with Crippen LogP contribution in [0.15, 0.2) is 205 Å². The minimum absolute atomic E-state index is 0.499. The Morgan fingerprint density at radius 3 is 1.43 bits per heavy atom. The van der Waals surface area contributed by atoms with Crippen LogP contribution in [0.1, 0.15) is 22.3 Å². The highest BCUT2D eigenvalue weighted by Crippen LogP contribution is 2.57. The number of benzene rings is 8. The van der Waals surface area contributed by atoms with E-state index in [1.807, 2.05) is 36.4 Å². The summed E-state index contributed by atoms with van der Waals surface area (Å²) in [5, 5.41) is 2.13. The molecule has 0 radical (unpaired) electrons. The van der Waals surface area contributed by atoms with Gasteiger partial charge in [-0.2, -0.15) is 0 Å². The van der Waals surface area contributed by atoms with Crippen molar-refractivity contribution < 1.29 is 4.42 Å². The molecular formula is C52H33N3O. The molecule has 4 nitrogen and oxygen atoms in total. The fourth-order valence-corrected chi connectivity index (χ4v) is 8.64. The molecule has 0 unspecified atom stereocenters. The Morgan fingerprint density at radius 1 is 0.321 bits per heavy atom. The average molecular weight is 716 g/mol. The molecule has 0 aliphatic heterocycles. The molecule has 8 aromatic carbocycles. The standard InChI is InChI=1S/C52H33N3O/c1-5-15-34(16-6-1)35-25-27-37(28-26-35)50-53-49(36-17-7-2-8-18-36)54-51(55-50)38-29-30-42-44-32-43-41-23-13-14-24-45(41)52(39-19-9-3-10-20-39,40-21-11-4-12-22-40)46(43)33-48(44)56-47(42)31-38/h1-33H. The molecule has 4 heteroatoms. The Bertz CT molecular complexity index is 3010. The molecule has 0 bridgehead atoms. The number of rotatable bonds is 6. The van der Waals surface area contributed by atoms with Crippen molar-refractivity contribution in [2.24, 2.45) is 0 Å². The Labute approximate surface area is 324 Å². The molecule has 0 fully saturated rings. The molecule has 56 heavy (non-hydrogen) atoms. The summed E-state index contributed by atoms with van der Waals surface area (Å²) in [6.45, 7) is 0. The zero-order valence-corrected chi connectivity index (χ0v) is 30.3. The summed E-state index contributed by atoms with van der Waals surface area (Å²) in [5.74, 6) is 1.83. The van der Waals surface area contributed by atoms with Gasteiger partial charge in [0.05, 0.1) is 5.41 Å². The van der Waals surface area contributed by atoms with Crippen molar-refractivity contribution in [1.29, 1.82) is 0 Å². The van der Waals surface area contributed by atoms with Crippen molar-refractivity contribution in [3.63, 3.8) is 0 Å². The van der Waals surface area contributed by atoms with Crippen LogP contribution in [0.3, 0.4) is 0 Å². The lowest BCUT2D eigenvalue weighted by Gasteiger charge is -2.33. The van der Waals surface area contributed by atoms with Gasteiger partial charge >= 0.3 is 0 Å². The first kappa shape index (κ1) is 32.0. The Hall–Kier alpha value is -7.43. The maximum absolute atomic E-state index is 6.82. The van der Waals surface area contributed by atoms with Crippen LogP contribution in [0.5, 0.6) is 0 Å². The summed E-state index contributed by atoms with van der Waals surface area (Å²) >= 11 is 0. The second-order valence-corrected chi connectivity index (χ2v) is 14.4. The molecule has 0 atom stereocenters. The average Bonchev–Trinajstić information content (AvgIpc) is 3.79. The second kappa shape index (κ2) is 12.9. The fourth-order valence-electron chi connectivity index (χ4n) is 8.64. The van der Waals surface area contributed by atoms with Crippen LogP contribution in [0.2, 0.25) is 0 Å². The second-order valence-electron chi connectivity index (χ2n) is 14.4. The van der Waals surface area contributed by atoms with Crippen molar-refractivity contribution >= 4 is 21.9 Å². The zero-order chi connectivity index (χ0) is 37.1. The van der Waals surface area contributed by atoms with E-state index in [0.29, 0.717) is 17.5 Å². The van der Waals surface area contributed by atoms with E-state index in [1.165, 1.54) is 38.9 Å². The van der Waals surface area contributed by atoms with E-state index in [4.69, 9.17) is 19.4 Å². The third-order valence-corrected chi connectivity index (χ3v) is 11.2. The van der Waals surface area contributed by atoms with Gasteiger partial charge in [0.15, 0.2) is 17.5 Å². The lowest BCUT2D eigenvalue weighted by atomic mass is 9.67. The SMILES string of the molecule is c1ccc(-c2ccc(-c3nc(-c4ccccc4)nc(-c4ccc5c(c4)oc4cc6c(cc45)-c4ccccc4C6(c4ccccc4)c4ccccc4)n3)cc2)cc1. The fraction of sp³-hybridized carbons (Fsp3) is 0.0192. The summed E-state index contributed by atoms with van der Waals surface area (Å²) in [7, 11) is 0. The predicted molar refractivity (Wildman–Crippen MR) is 226 cm³/mol. The van der Waals surface area contributed by atoms with Crippen molar-refractivity contribution in [2.75, 3.05) is 0 Å². The monoisotopic (exact) mass is 715 g/mol. The van der Waals surface area contributed by atoms with Gasteiger partial charge in [0.25, 0.3) is 0 Å². The molecule has 1 aliphatic rings. The number of nitrogens with zero attached hydrogens (tertiary/aromatic N) is 3. The largest absolute Gasteiger partial charge is 0.456 e. The van der Waals surface area contributed by atoms with Gasteiger partial charge in [0.1, 0.15) is 11.2 Å². The van der Waals surface area contributed by atoms with Gasteiger partial charge in [-0.15, -0.1) is 0 Å². The molecule has 0 saturated carbocycles. The van der Waals surface area contributed by atoms with E-state index < -0.39 is 5.41 Å². The summed E-state index contributed by atoms with van der Waals surface area (Å²) in [4.78, 5) is 15.1. The zero-order valence-electron chi connectivity index (χ0n) is 30.3. The van der Waals surface area contributed by atoms with Gasteiger partial charge < -0.3 is 4.42 Å². The molecule has 2 heterocycles. The van der Waals surface area contributed by atoms with Gasteiger partial charge in [-0.05, 0) is 68.8 Å². The molecule has 262 valence electrons. The summed E-state index contributed by atoms with van der Waals surface area (Å²) in [6.07, 6.45) is 0. The van der Waals surface area contributed by atoms with E-state index in [9.17, 15) is 0 Å². The van der Waals surface area contributed by atoms with Gasteiger partial charge in [0.2, 0.25) is 0 Å². The van der Waals surface area contributed by atoms with Gasteiger partial charge in [-0.1, -0.05) is 176 Å². The van der Waals surface area contributed by atoms with Gasteiger partial charge in [-0.3, -0.25) is 0 Å². The third-order valence-electron chi connectivity index (χ3n) is 11.2. The Kier molecular flexibility index (Phi) is 7.36. The first-order valence-corrected chi connectivity index (χ1v) is 18.9. The number of furan rings is 1. The van der Waals surface area contributed by atoms with Crippen LogP contribution >= 0.6 is 0 Å². The van der Waals surface area contributed by atoms with Crippen LogP contribution in [-0.2, 0) is 5.41 Å². The first-order valence-electron chi connectivity index (χ1n) is 18.9. The molecular weight excluding hydrogens is 683 g/mol. The van der Waals surface area contributed by atoms with Crippen molar-refractivity contribution in [3.05, 3.63) is 222 Å². The predicted octanol–water partition coefficient (Wildman–Crippen LogP) is 12.8. The molecule has 2 aromatic heterocycles. The smallest absolute Gasteiger partial charge is 0.164 e. The molecule has 10 aromatic rings. The number of hydrogen-bond donors (Lipinski definition) is 0. The highest BCUT2D eigenvalue weighted by atomic mass is 16.3. The molecule has 0 saturated heterocycles. The highest BCUT2D eigenvalue weighted by molar-refractivity contribution is 6.09. The van der Waals surface area contributed by atoms with Gasteiger partial charge in [-0.25, -0.2) is 15.0 Å². The minimum atomic E-state index is -0.499. The lowest BCUT2D eigenvalue weighted by Crippen LogP contribution is -2.28. The van der Waals surface area contributed by atoms with Crippen molar-refractivity contribution in [2.45, 2.75) is 5.41 Å². The molecule has 0 amide bonds. The molecule has 0 spiro atoms. The normalized spacial score (nSPS) is 12.8. The van der Waals surface area contributed by atoms with E-state index in [2.05, 4.69) is 164 Å². The van der Waals surface area contributed by atoms with E-state index in [1.54, 1.807) is 0 Å². The van der Waals surface area contributed by atoms with Crippen LogP contribution in [0, 0.1) is 0 Å². The molecule has 11 rings (SSSR count). The molecule has 0 N–H and O–H groups in total. The van der Waals surface area contributed by atoms with E-state index >= 15 is 0 Å². The quantitative estimate of drug-likeness (QED) is 0.172. The number of hydrogen-bond acceptors (Lipinski definition) is 4. The first-order chi connectivity index (χ1) is 27.7. The number of aromatic nitrogens is 3. The topological polar surface area (TPSA) is 51.8 Å². The maximum Gasteiger partial charge on any atom is 0.164 e. The van der Waals surface area contributed by atoms with Crippen LogP contribution < -0.4 is 0 Å². The molecule has 1 aliphatic carbocycles. The van der Waals surface area contributed by atoms with Crippen LogP contribution in [-0.4, -0.2) is 15.0 Å². The summed E-state index contributed by atoms with van der Waals surface area (Å²) < 4.78 is 6.82. The minimum Gasteiger partial charge on any atom is -0.456 e. The van der Waals surface area contributed by atoms with Crippen molar-refractivity contribution in [3.8, 4) is 56.4 Å². The van der Waals surface area contributed by atoms with Crippen LogP contribution in [0.25, 0.3) is 78.4 Å². The number of fused-ring (bicyclic) bond motifs is 6. The third kappa shape index (κ3) is 5.04. The van der Waals surface area contributed by atoms with Gasteiger partial charge in [0, 0.05) is 27.5 Å². The lowest BCUT2D eigenvalue weighted by molar-refractivity contribution is 0.666. The Balaban J connectivity index is 1.07. The van der Waals surface area contributed by atoms with Crippen molar-refractivity contribution in [1.82, 2.24) is 15.0 Å². The van der Waals surface area contributed by atoms with E-state index in [-0.39, 0.29) is 0 Å². The Morgan fingerprint density at radius 2 is 0.786 bits per heavy atom. The highest BCUT2D eigenvalue weighted by Gasteiger charge is 2.46. The summed E-state index contributed by atoms with van der Waals surface area (Å²) in [6, 6.07) is 70.4. The van der Waals surface area contributed by atoms with Crippen LogP contribution in [0.4, 0.5) is 0 Å².